The minimum Gasteiger partial charge on any atom is -0.356 e. The number of aromatic nitrogens is 1. The molecule has 0 aliphatic carbocycles. The van der Waals surface area contributed by atoms with E-state index in [-0.39, 0.29) is 12.1 Å². The Labute approximate surface area is 130 Å². The molecular weight excluding hydrogens is 313 g/mol. The van der Waals surface area contributed by atoms with Crippen LogP contribution in [0.1, 0.15) is 22.9 Å². The van der Waals surface area contributed by atoms with Crippen LogP contribution in [-0.2, 0) is 11.2 Å². The van der Waals surface area contributed by atoms with Crippen LogP contribution in [0.4, 0.5) is 13.2 Å². The molecule has 0 unspecified atom stereocenters. The van der Waals surface area contributed by atoms with Crippen molar-refractivity contribution in [1.82, 2.24) is 10.3 Å². The summed E-state index contributed by atoms with van der Waals surface area (Å²) in [5.74, 6) is -2.39. The summed E-state index contributed by atoms with van der Waals surface area (Å²) in [5, 5.41) is 5.18. The molecule has 3 nitrogen and oxygen atoms in total. The van der Waals surface area contributed by atoms with Crippen molar-refractivity contribution in [2.75, 3.05) is 6.54 Å². The predicted octanol–water partition coefficient (Wildman–Crippen LogP) is 3.54. The van der Waals surface area contributed by atoms with Gasteiger partial charge in [-0.1, -0.05) is 30.3 Å². The van der Waals surface area contributed by atoms with Gasteiger partial charge in [0.15, 0.2) is 0 Å². The van der Waals surface area contributed by atoms with Gasteiger partial charge in [-0.15, -0.1) is 11.3 Å². The van der Waals surface area contributed by atoms with Crippen molar-refractivity contribution in [3.05, 3.63) is 52.5 Å². The van der Waals surface area contributed by atoms with Crippen molar-refractivity contribution in [2.24, 2.45) is 0 Å². The van der Waals surface area contributed by atoms with Gasteiger partial charge >= 0.3 is 6.18 Å². The first-order valence-corrected chi connectivity index (χ1v) is 7.61. The standard InChI is InChI=1S/C15H15F3N2OS/c16-15(17,18)12(11-4-2-1-3-5-11)10-13(21)19-7-6-14-20-8-9-22-14/h1-5,8-9,12H,6-7,10H2,(H,19,21)/t12-/m0/s1. The highest BCUT2D eigenvalue weighted by Crippen LogP contribution is 2.37. The fourth-order valence-electron chi connectivity index (χ4n) is 2.05. The summed E-state index contributed by atoms with van der Waals surface area (Å²) in [5.41, 5.74) is 0.102. The van der Waals surface area contributed by atoms with E-state index in [4.69, 9.17) is 0 Å². The van der Waals surface area contributed by atoms with Gasteiger partial charge in [0.05, 0.1) is 10.9 Å². The molecular formula is C15H15F3N2OS. The number of rotatable bonds is 6. The summed E-state index contributed by atoms with van der Waals surface area (Å²) in [4.78, 5) is 15.8. The molecule has 7 heteroatoms. The minimum absolute atomic E-state index is 0.102. The SMILES string of the molecule is O=C(C[C@@H](c1ccccc1)C(F)(F)F)NCCc1nccs1. The average molecular weight is 328 g/mol. The summed E-state index contributed by atoms with van der Waals surface area (Å²) < 4.78 is 39.4. The molecule has 1 aromatic carbocycles. The first kappa shape index (κ1) is 16.5. The molecule has 1 heterocycles. The number of nitrogens with one attached hydrogen (secondary N) is 1. The lowest BCUT2D eigenvalue weighted by Gasteiger charge is -2.20. The van der Waals surface area contributed by atoms with Gasteiger partial charge < -0.3 is 5.32 Å². The van der Waals surface area contributed by atoms with Gasteiger partial charge in [0.2, 0.25) is 5.91 Å². The molecule has 22 heavy (non-hydrogen) atoms. The van der Waals surface area contributed by atoms with E-state index in [0.717, 1.165) is 5.01 Å². The van der Waals surface area contributed by atoms with E-state index in [1.54, 1.807) is 12.3 Å². The monoisotopic (exact) mass is 328 g/mol. The molecule has 2 aromatic rings. The Morgan fingerprint density at radius 3 is 2.59 bits per heavy atom. The molecule has 0 aliphatic rings. The minimum atomic E-state index is -4.45. The lowest BCUT2D eigenvalue weighted by Crippen LogP contribution is -2.31. The van der Waals surface area contributed by atoms with Gasteiger partial charge in [0, 0.05) is 31.0 Å². The van der Waals surface area contributed by atoms with E-state index in [2.05, 4.69) is 10.3 Å². The first-order chi connectivity index (χ1) is 10.5. The van der Waals surface area contributed by atoms with Crippen LogP contribution in [0.3, 0.4) is 0 Å². The summed E-state index contributed by atoms with van der Waals surface area (Å²) in [7, 11) is 0. The van der Waals surface area contributed by atoms with Crippen molar-refractivity contribution in [2.45, 2.75) is 24.9 Å². The van der Waals surface area contributed by atoms with Crippen molar-refractivity contribution in [1.29, 1.82) is 0 Å². The van der Waals surface area contributed by atoms with E-state index < -0.39 is 24.4 Å². The number of nitrogens with zero attached hydrogens (tertiary/aromatic N) is 1. The zero-order valence-corrected chi connectivity index (χ0v) is 12.5. The smallest absolute Gasteiger partial charge is 0.356 e. The third-order valence-corrected chi connectivity index (χ3v) is 3.97. The van der Waals surface area contributed by atoms with Crippen molar-refractivity contribution in [3.8, 4) is 0 Å². The van der Waals surface area contributed by atoms with Crippen LogP contribution in [0.5, 0.6) is 0 Å². The van der Waals surface area contributed by atoms with Crippen LogP contribution in [0.2, 0.25) is 0 Å². The number of hydrogen-bond acceptors (Lipinski definition) is 3. The first-order valence-electron chi connectivity index (χ1n) is 6.73. The summed E-state index contributed by atoms with van der Waals surface area (Å²) >= 11 is 1.45. The maximum Gasteiger partial charge on any atom is 0.396 e. The highest BCUT2D eigenvalue weighted by Gasteiger charge is 2.41. The molecule has 2 rings (SSSR count). The van der Waals surface area contributed by atoms with Crippen LogP contribution in [0.15, 0.2) is 41.9 Å². The average Bonchev–Trinajstić information content (AvgIpc) is 2.98. The predicted molar refractivity (Wildman–Crippen MR) is 78.7 cm³/mol. The molecule has 1 N–H and O–H groups in total. The third kappa shape index (κ3) is 4.84. The molecule has 118 valence electrons. The number of hydrogen-bond donors (Lipinski definition) is 1. The van der Waals surface area contributed by atoms with E-state index in [9.17, 15) is 18.0 Å². The number of thiazole rings is 1. The molecule has 0 saturated carbocycles. The fraction of sp³-hybridized carbons (Fsp3) is 0.333. The van der Waals surface area contributed by atoms with Gasteiger partial charge in [-0.25, -0.2) is 4.98 Å². The molecule has 0 aliphatic heterocycles. The van der Waals surface area contributed by atoms with Crippen LogP contribution < -0.4 is 5.32 Å². The Balaban J connectivity index is 1.91. The fourth-order valence-corrected chi connectivity index (χ4v) is 2.67. The molecule has 0 spiro atoms. The molecule has 1 aromatic heterocycles. The largest absolute Gasteiger partial charge is 0.396 e. The van der Waals surface area contributed by atoms with E-state index in [1.165, 1.54) is 35.6 Å². The highest BCUT2D eigenvalue weighted by molar-refractivity contribution is 7.09. The van der Waals surface area contributed by atoms with Crippen LogP contribution in [0, 0.1) is 0 Å². The third-order valence-electron chi connectivity index (χ3n) is 3.13. The van der Waals surface area contributed by atoms with E-state index in [1.807, 2.05) is 5.38 Å². The van der Waals surface area contributed by atoms with Gasteiger partial charge in [-0.05, 0) is 5.56 Å². The Hall–Kier alpha value is -1.89. The molecule has 0 fully saturated rings. The van der Waals surface area contributed by atoms with Gasteiger partial charge in [0.25, 0.3) is 0 Å². The molecule has 0 radical (unpaired) electrons. The van der Waals surface area contributed by atoms with Crippen LogP contribution in [0.25, 0.3) is 0 Å². The summed E-state index contributed by atoms with van der Waals surface area (Å²) in [6, 6.07) is 7.50. The number of alkyl halides is 3. The lowest BCUT2D eigenvalue weighted by molar-refractivity contribution is -0.157. The van der Waals surface area contributed by atoms with E-state index in [0.29, 0.717) is 6.42 Å². The molecule has 1 amide bonds. The summed E-state index contributed by atoms with van der Waals surface area (Å²) in [6.07, 6.45) is -2.89. The normalized spacial score (nSPS) is 12.9. The maximum absolute atomic E-state index is 13.1. The second kappa shape index (κ2) is 7.40. The Bertz CT molecular complexity index is 585. The van der Waals surface area contributed by atoms with Crippen LogP contribution in [-0.4, -0.2) is 23.6 Å². The molecule has 1 atom stereocenters. The van der Waals surface area contributed by atoms with Crippen molar-refractivity contribution < 1.29 is 18.0 Å². The maximum atomic E-state index is 13.1. The van der Waals surface area contributed by atoms with Crippen molar-refractivity contribution >= 4 is 17.2 Å². The highest BCUT2D eigenvalue weighted by atomic mass is 32.1. The second-order valence-electron chi connectivity index (χ2n) is 4.73. The van der Waals surface area contributed by atoms with Gasteiger partial charge in [-0.3, -0.25) is 4.79 Å². The quantitative estimate of drug-likeness (QED) is 0.881. The van der Waals surface area contributed by atoms with Crippen molar-refractivity contribution in [3.63, 3.8) is 0 Å². The Morgan fingerprint density at radius 1 is 1.27 bits per heavy atom. The van der Waals surface area contributed by atoms with E-state index >= 15 is 0 Å². The second-order valence-corrected chi connectivity index (χ2v) is 5.71. The number of amides is 1. The molecule has 0 bridgehead atoms. The number of benzene rings is 1. The number of carbonyl (C=O) groups is 1. The zero-order valence-electron chi connectivity index (χ0n) is 11.6. The molecule has 0 saturated heterocycles. The van der Waals surface area contributed by atoms with Crippen LogP contribution >= 0.6 is 11.3 Å². The zero-order chi connectivity index (χ0) is 16.0. The van der Waals surface area contributed by atoms with Gasteiger partial charge in [0.1, 0.15) is 0 Å². The number of halogens is 3. The topological polar surface area (TPSA) is 42.0 Å². The Morgan fingerprint density at radius 2 is 2.00 bits per heavy atom. The van der Waals surface area contributed by atoms with Gasteiger partial charge in [-0.2, -0.15) is 13.2 Å². The summed E-state index contributed by atoms with van der Waals surface area (Å²) in [6.45, 7) is 0.283. The number of carbonyl (C=O) groups excluding carboxylic acids is 1. The Kier molecular flexibility index (Phi) is 5.54. The lowest BCUT2D eigenvalue weighted by atomic mass is 9.95.